The third-order valence-corrected chi connectivity index (χ3v) is 6.13. The zero-order valence-electron chi connectivity index (χ0n) is 17.4. The van der Waals surface area contributed by atoms with Crippen LogP contribution in [0, 0.1) is 20.8 Å². The molecule has 2 heterocycles. The first-order chi connectivity index (χ1) is 14.8. The van der Waals surface area contributed by atoms with Gasteiger partial charge in [0.25, 0.3) is 10.0 Å². The molecule has 0 spiro atoms. The van der Waals surface area contributed by atoms with E-state index in [2.05, 4.69) is 25.1 Å². The molecule has 0 saturated heterocycles. The average molecular weight is 435 g/mol. The number of hydrogen-bond acceptors (Lipinski definition) is 6. The molecule has 31 heavy (non-hydrogen) atoms. The Bertz CT molecular complexity index is 1320. The average Bonchev–Trinajstić information content (AvgIpc) is 3.26. The zero-order chi connectivity index (χ0) is 22.0. The van der Waals surface area contributed by atoms with E-state index >= 15 is 0 Å². The Morgan fingerprint density at radius 1 is 0.903 bits per heavy atom. The molecule has 2 aromatic carbocycles. The number of sulfonamides is 1. The van der Waals surface area contributed by atoms with Gasteiger partial charge >= 0.3 is 0 Å². The minimum absolute atomic E-state index is 0.275. The van der Waals surface area contributed by atoms with E-state index in [-0.39, 0.29) is 4.90 Å². The first-order valence-electron chi connectivity index (χ1n) is 9.63. The Hall–Kier alpha value is -3.72. The molecule has 0 bridgehead atoms. The van der Waals surface area contributed by atoms with Crippen LogP contribution in [-0.4, -0.2) is 28.2 Å². The topological polar surface area (TPSA) is 102 Å². The molecule has 0 radical (unpaired) electrons. The lowest BCUT2D eigenvalue weighted by molar-refractivity contribution is 0.600. The van der Waals surface area contributed by atoms with Gasteiger partial charge in [0.15, 0.2) is 5.82 Å². The predicted molar refractivity (Wildman–Crippen MR) is 120 cm³/mol. The van der Waals surface area contributed by atoms with Gasteiger partial charge in [-0.1, -0.05) is 12.1 Å². The van der Waals surface area contributed by atoms with Gasteiger partial charge in [-0.2, -0.15) is 5.10 Å². The lowest BCUT2D eigenvalue weighted by Gasteiger charge is -2.12. The van der Waals surface area contributed by atoms with Crippen LogP contribution in [-0.2, 0) is 10.0 Å². The van der Waals surface area contributed by atoms with E-state index in [4.69, 9.17) is 0 Å². The summed E-state index contributed by atoms with van der Waals surface area (Å²) in [6.45, 7) is 5.46. The van der Waals surface area contributed by atoms with Crippen molar-refractivity contribution in [1.82, 2.24) is 19.7 Å². The van der Waals surface area contributed by atoms with Crippen LogP contribution < -0.4 is 10.0 Å². The summed E-state index contributed by atoms with van der Waals surface area (Å²) in [5.74, 6) is 1.87. The van der Waals surface area contributed by atoms with Crippen LogP contribution in [0.2, 0.25) is 0 Å². The molecular weight excluding hydrogens is 412 g/mol. The molecule has 0 saturated carbocycles. The van der Waals surface area contributed by atoms with E-state index in [0.717, 1.165) is 11.3 Å². The zero-order valence-corrected chi connectivity index (χ0v) is 18.2. The van der Waals surface area contributed by atoms with E-state index in [1.165, 1.54) is 0 Å². The standard InChI is InChI=1S/C22H22N6O2S/c1-15-5-6-16(2)20(13-15)31(29,30)27-19-9-7-18(8-10-19)26-21-14-22(25-17(3)24-21)28-12-4-11-23-28/h4-14,27H,1-3H3,(H,24,25,26). The van der Waals surface area contributed by atoms with Crippen molar-refractivity contribution in [2.75, 3.05) is 10.0 Å². The highest BCUT2D eigenvalue weighted by Crippen LogP contribution is 2.23. The summed E-state index contributed by atoms with van der Waals surface area (Å²) in [4.78, 5) is 9.07. The fraction of sp³-hybridized carbons (Fsp3) is 0.136. The highest BCUT2D eigenvalue weighted by Gasteiger charge is 2.17. The van der Waals surface area contributed by atoms with Crippen molar-refractivity contribution in [3.8, 4) is 5.82 Å². The van der Waals surface area contributed by atoms with Gasteiger partial charge in [0.1, 0.15) is 11.6 Å². The molecule has 4 aromatic rings. The Labute approximate surface area is 181 Å². The van der Waals surface area contributed by atoms with Gasteiger partial charge in [-0.3, -0.25) is 4.72 Å². The van der Waals surface area contributed by atoms with Crippen molar-refractivity contribution < 1.29 is 8.42 Å². The van der Waals surface area contributed by atoms with E-state index in [1.807, 2.05) is 32.2 Å². The van der Waals surface area contributed by atoms with Gasteiger partial charge in [0.2, 0.25) is 0 Å². The van der Waals surface area contributed by atoms with Gasteiger partial charge in [-0.15, -0.1) is 0 Å². The highest BCUT2D eigenvalue weighted by atomic mass is 32.2. The van der Waals surface area contributed by atoms with Crippen molar-refractivity contribution >= 4 is 27.2 Å². The molecule has 4 rings (SSSR count). The van der Waals surface area contributed by atoms with Crippen LogP contribution in [0.5, 0.6) is 0 Å². The second-order valence-electron chi connectivity index (χ2n) is 7.19. The third kappa shape index (κ3) is 4.72. The monoisotopic (exact) mass is 434 g/mol. The first-order valence-corrected chi connectivity index (χ1v) is 11.1. The fourth-order valence-corrected chi connectivity index (χ4v) is 4.50. The second-order valence-corrected chi connectivity index (χ2v) is 8.84. The minimum atomic E-state index is -3.68. The SMILES string of the molecule is Cc1ccc(C)c(S(=O)(=O)Nc2ccc(Nc3cc(-n4cccn4)nc(C)n3)cc2)c1. The molecule has 0 aliphatic carbocycles. The van der Waals surface area contributed by atoms with E-state index in [0.29, 0.717) is 28.7 Å². The lowest BCUT2D eigenvalue weighted by Crippen LogP contribution is -2.14. The van der Waals surface area contributed by atoms with Crippen LogP contribution in [0.25, 0.3) is 5.82 Å². The molecule has 9 heteroatoms. The highest BCUT2D eigenvalue weighted by molar-refractivity contribution is 7.92. The molecular formula is C22H22N6O2S. The lowest BCUT2D eigenvalue weighted by atomic mass is 10.2. The van der Waals surface area contributed by atoms with Gasteiger partial charge < -0.3 is 5.32 Å². The summed E-state index contributed by atoms with van der Waals surface area (Å²) in [6.07, 6.45) is 3.49. The first kappa shape index (κ1) is 20.5. The third-order valence-electron chi connectivity index (χ3n) is 4.61. The number of nitrogens with one attached hydrogen (secondary N) is 2. The molecule has 2 N–H and O–H groups in total. The van der Waals surface area contributed by atoms with Crippen LogP contribution >= 0.6 is 0 Å². The van der Waals surface area contributed by atoms with E-state index < -0.39 is 10.0 Å². The Balaban J connectivity index is 1.52. The maximum atomic E-state index is 12.8. The van der Waals surface area contributed by atoms with Gasteiger partial charge in [-0.25, -0.2) is 23.1 Å². The fourth-order valence-electron chi connectivity index (χ4n) is 3.11. The van der Waals surface area contributed by atoms with Crippen molar-refractivity contribution in [2.45, 2.75) is 25.7 Å². The molecule has 0 aliphatic heterocycles. The normalized spacial score (nSPS) is 11.3. The number of rotatable bonds is 6. The van der Waals surface area contributed by atoms with Crippen LogP contribution in [0.15, 0.2) is 71.9 Å². The van der Waals surface area contributed by atoms with Gasteiger partial charge in [0, 0.05) is 29.8 Å². The Morgan fingerprint density at radius 2 is 1.65 bits per heavy atom. The van der Waals surface area contributed by atoms with Gasteiger partial charge in [-0.05, 0) is 68.3 Å². The Morgan fingerprint density at radius 3 is 2.35 bits per heavy atom. The molecule has 2 aromatic heterocycles. The minimum Gasteiger partial charge on any atom is -0.340 e. The molecule has 0 amide bonds. The maximum absolute atomic E-state index is 12.8. The largest absolute Gasteiger partial charge is 0.340 e. The molecule has 0 fully saturated rings. The number of aromatic nitrogens is 4. The van der Waals surface area contributed by atoms with Crippen LogP contribution in [0.1, 0.15) is 17.0 Å². The molecule has 8 nitrogen and oxygen atoms in total. The van der Waals surface area contributed by atoms with Gasteiger partial charge in [0.05, 0.1) is 4.90 Å². The summed E-state index contributed by atoms with van der Waals surface area (Å²) in [6, 6.07) is 15.9. The van der Waals surface area contributed by atoms with Crippen LogP contribution in [0.3, 0.4) is 0 Å². The van der Waals surface area contributed by atoms with Crippen molar-refractivity contribution in [3.05, 3.63) is 83.9 Å². The smallest absolute Gasteiger partial charge is 0.262 e. The number of nitrogens with zero attached hydrogens (tertiary/aromatic N) is 4. The number of hydrogen-bond donors (Lipinski definition) is 2. The van der Waals surface area contributed by atoms with Crippen LogP contribution in [0.4, 0.5) is 17.2 Å². The summed E-state index contributed by atoms with van der Waals surface area (Å²) in [5, 5.41) is 7.41. The van der Waals surface area contributed by atoms with Crippen molar-refractivity contribution in [3.63, 3.8) is 0 Å². The quantitative estimate of drug-likeness (QED) is 0.473. The number of benzene rings is 2. The predicted octanol–water partition coefficient (Wildman–Crippen LogP) is 4.13. The second kappa shape index (κ2) is 8.19. The molecule has 0 unspecified atom stereocenters. The summed E-state index contributed by atoms with van der Waals surface area (Å²) < 4.78 is 29.9. The van der Waals surface area contributed by atoms with Crippen molar-refractivity contribution in [1.29, 1.82) is 0 Å². The summed E-state index contributed by atoms with van der Waals surface area (Å²) >= 11 is 0. The molecule has 0 aliphatic rings. The molecule has 0 atom stereocenters. The number of aryl methyl sites for hydroxylation is 3. The van der Waals surface area contributed by atoms with E-state index in [1.54, 1.807) is 60.3 Å². The van der Waals surface area contributed by atoms with Crippen molar-refractivity contribution in [2.24, 2.45) is 0 Å². The number of anilines is 3. The molecule has 158 valence electrons. The van der Waals surface area contributed by atoms with E-state index in [9.17, 15) is 8.42 Å². The Kier molecular flexibility index (Phi) is 5.43. The summed E-state index contributed by atoms with van der Waals surface area (Å²) in [7, 11) is -3.68. The summed E-state index contributed by atoms with van der Waals surface area (Å²) in [5.41, 5.74) is 2.82. The maximum Gasteiger partial charge on any atom is 0.262 e.